The highest BCUT2D eigenvalue weighted by atomic mass is 16.2. The van der Waals surface area contributed by atoms with E-state index in [0.29, 0.717) is 37.4 Å². The standard InChI is InChI=1S/C25H25N5O2/c1-26-21-8-5-19(6-9-21)7-10-24(31)29-14-16-30(17-15-29)25(32)20-11-13-28-23(18-20)22-4-2-3-12-27-22/h2-13,18,26H,14-17H2,1H3/b10-7+. The van der Waals surface area contributed by atoms with Gasteiger partial charge in [0.1, 0.15) is 0 Å². The van der Waals surface area contributed by atoms with Gasteiger partial charge in [-0.25, -0.2) is 0 Å². The number of rotatable bonds is 5. The topological polar surface area (TPSA) is 78.4 Å². The summed E-state index contributed by atoms with van der Waals surface area (Å²) >= 11 is 0. The SMILES string of the molecule is CNc1ccc(/C=C/C(=O)N2CCN(C(=O)c3ccnc(-c4ccccn4)c3)CC2)cc1. The van der Waals surface area contributed by atoms with Crippen LogP contribution in [0.1, 0.15) is 15.9 Å². The quantitative estimate of drug-likeness (QED) is 0.633. The molecule has 2 amide bonds. The van der Waals surface area contributed by atoms with Crippen molar-refractivity contribution in [1.82, 2.24) is 19.8 Å². The predicted molar refractivity (Wildman–Crippen MR) is 125 cm³/mol. The van der Waals surface area contributed by atoms with Gasteiger partial charge in [0.25, 0.3) is 5.91 Å². The minimum absolute atomic E-state index is 0.0452. The fraction of sp³-hybridized carbons (Fsp3) is 0.200. The molecule has 4 rings (SSSR count). The first-order valence-electron chi connectivity index (χ1n) is 10.6. The van der Waals surface area contributed by atoms with Crippen molar-refractivity contribution < 1.29 is 9.59 Å². The van der Waals surface area contributed by atoms with Gasteiger partial charge in [-0.2, -0.15) is 0 Å². The zero-order valence-corrected chi connectivity index (χ0v) is 17.9. The predicted octanol–water partition coefficient (Wildman–Crippen LogP) is 3.18. The largest absolute Gasteiger partial charge is 0.388 e. The monoisotopic (exact) mass is 427 g/mol. The number of nitrogens with one attached hydrogen (secondary N) is 1. The van der Waals surface area contributed by atoms with Crippen molar-refractivity contribution in [3.05, 3.63) is 84.2 Å². The van der Waals surface area contributed by atoms with Crippen molar-refractivity contribution in [3.63, 3.8) is 0 Å². The molecule has 0 aliphatic carbocycles. The molecule has 0 unspecified atom stereocenters. The van der Waals surface area contributed by atoms with Gasteiger partial charge in [0.15, 0.2) is 0 Å². The van der Waals surface area contributed by atoms with E-state index in [2.05, 4.69) is 15.3 Å². The Balaban J connectivity index is 1.34. The smallest absolute Gasteiger partial charge is 0.254 e. The van der Waals surface area contributed by atoms with Gasteiger partial charge in [-0.15, -0.1) is 0 Å². The Morgan fingerprint density at radius 3 is 2.28 bits per heavy atom. The van der Waals surface area contributed by atoms with Gasteiger partial charge >= 0.3 is 0 Å². The highest BCUT2D eigenvalue weighted by Gasteiger charge is 2.24. The van der Waals surface area contributed by atoms with Crippen LogP contribution in [0.25, 0.3) is 17.5 Å². The number of anilines is 1. The molecule has 0 radical (unpaired) electrons. The van der Waals surface area contributed by atoms with Gasteiger partial charge in [-0.3, -0.25) is 19.6 Å². The summed E-state index contributed by atoms with van der Waals surface area (Å²) in [7, 11) is 1.87. The van der Waals surface area contributed by atoms with Gasteiger partial charge in [0.05, 0.1) is 11.4 Å². The Hall–Kier alpha value is -4.00. The third-order valence-corrected chi connectivity index (χ3v) is 5.43. The first-order chi connectivity index (χ1) is 15.6. The first-order valence-corrected chi connectivity index (χ1v) is 10.6. The van der Waals surface area contributed by atoms with Crippen molar-refractivity contribution in [1.29, 1.82) is 0 Å². The number of carbonyl (C=O) groups excluding carboxylic acids is 2. The Labute approximate surface area is 187 Å². The molecule has 32 heavy (non-hydrogen) atoms. The van der Waals surface area contributed by atoms with Gasteiger partial charge < -0.3 is 15.1 Å². The molecule has 162 valence electrons. The van der Waals surface area contributed by atoms with E-state index >= 15 is 0 Å². The zero-order valence-electron chi connectivity index (χ0n) is 17.9. The van der Waals surface area contributed by atoms with Crippen LogP contribution in [0.3, 0.4) is 0 Å². The number of hydrogen-bond acceptors (Lipinski definition) is 5. The second kappa shape index (κ2) is 9.87. The number of aromatic nitrogens is 2. The molecule has 7 nitrogen and oxygen atoms in total. The summed E-state index contributed by atoms with van der Waals surface area (Å²) in [5.74, 6) is -0.104. The van der Waals surface area contributed by atoms with Crippen LogP contribution in [0.15, 0.2) is 73.1 Å². The molecule has 1 aromatic carbocycles. The summed E-state index contributed by atoms with van der Waals surface area (Å²) in [5.41, 5.74) is 3.96. The highest BCUT2D eigenvalue weighted by Crippen LogP contribution is 2.17. The third-order valence-electron chi connectivity index (χ3n) is 5.43. The molecule has 3 aromatic rings. The van der Waals surface area contributed by atoms with E-state index < -0.39 is 0 Å². The van der Waals surface area contributed by atoms with Crippen molar-refractivity contribution in [2.75, 3.05) is 38.5 Å². The molecule has 1 N–H and O–H groups in total. The summed E-state index contributed by atoms with van der Waals surface area (Å²) in [5, 5.41) is 3.07. The van der Waals surface area contributed by atoms with E-state index in [1.54, 1.807) is 40.4 Å². The number of hydrogen-bond donors (Lipinski definition) is 1. The zero-order chi connectivity index (χ0) is 22.3. The van der Waals surface area contributed by atoms with E-state index in [-0.39, 0.29) is 11.8 Å². The summed E-state index contributed by atoms with van der Waals surface area (Å²) in [6, 6.07) is 16.9. The summed E-state index contributed by atoms with van der Waals surface area (Å²) in [4.78, 5) is 37.7. The maximum atomic E-state index is 13.0. The number of benzene rings is 1. The van der Waals surface area contributed by atoms with Crippen molar-refractivity contribution in [2.24, 2.45) is 0 Å². The average Bonchev–Trinajstić information content (AvgIpc) is 2.88. The van der Waals surface area contributed by atoms with Crippen LogP contribution in [0.5, 0.6) is 0 Å². The Bertz CT molecular complexity index is 1100. The highest BCUT2D eigenvalue weighted by molar-refractivity contribution is 5.95. The molecular weight excluding hydrogens is 402 g/mol. The van der Waals surface area contributed by atoms with Crippen LogP contribution < -0.4 is 5.32 Å². The maximum absolute atomic E-state index is 13.0. The lowest BCUT2D eigenvalue weighted by Gasteiger charge is -2.34. The molecule has 0 bridgehead atoms. The molecule has 2 aromatic heterocycles. The fourth-order valence-electron chi connectivity index (χ4n) is 3.56. The van der Waals surface area contributed by atoms with Crippen LogP contribution in [-0.2, 0) is 4.79 Å². The fourth-order valence-corrected chi connectivity index (χ4v) is 3.56. The number of carbonyl (C=O) groups is 2. The lowest BCUT2D eigenvalue weighted by atomic mass is 10.1. The van der Waals surface area contributed by atoms with E-state index in [1.807, 2.05) is 55.6 Å². The Morgan fingerprint density at radius 2 is 1.59 bits per heavy atom. The van der Waals surface area contributed by atoms with Crippen LogP contribution in [0.4, 0.5) is 5.69 Å². The molecule has 0 atom stereocenters. The summed E-state index contributed by atoms with van der Waals surface area (Å²) in [6.07, 6.45) is 6.74. The van der Waals surface area contributed by atoms with Gasteiger partial charge in [-0.1, -0.05) is 18.2 Å². The summed E-state index contributed by atoms with van der Waals surface area (Å²) in [6.45, 7) is 2.00. The van der Waals surface area contributed by atoms with Crippen LogP contribution >= 0.6 is 0 Å². The maximum Gasteiger partial charge on any atom is 0.254 e. The minimum Gasteiger partial charge on any atom is -0.388 e. The number of nitrogens with zero attached hydrogens (tertiary/aromatic N) is 4. The van der Waals surface area contributed by atoms with E-state index in [4.69, 9.17) is 0 Å². The van der Waals surface area contributed by atoms with E-state index in [1.165, 1.54) is 0 Å². The molecule has 1 fully saturated rings. The van der Waals surface area contributed by atoms with E-state index in [9.17, 15) is 9.59 Å². The number of pyridine rings is 2. The molecule has 3 heterocycles. The second-order valence-corrected chi connectivity index (χ2v) is 7.47. The van der Waals surface area contributed by atoms with Crippen molar-refractivity contribution in [3.8, 4) is 11.4 Å². The average molecular weight is 428 g/mol. The van der Waals surface area contributed by atoms with Crippen molar-refractivity contribution in [2.45, 2.75) is 0 Å². The third kappa shape index (κ3) is 5.00. The molecule has 1 saturated heterocycles. The lowest BCUT2D eigenvalue weighted by molar-refractivity contribution is -0.127. The van der Waals surface area contributed by atoms with Gasteiger partial charge in [-0.05, 0) is 48.0 Å². The molecular formula is C25H25N5O2. The van der Waals surface area contributed by atoms with Gasteiger partial charge in [0.2, 0.25) is 5.91 Å². The molecule has 7 heteroatoms. The number of piperazine rings is 1. The molecule has 0 spiro atoms. The second-order valence-electron chi connectivity index (χ2n) is 7.47. The molecule has 1 aliphatic rings. The molecule has 1 aliphatic heterocycles. The normalized spacial score (nSPS) is 13.9. The van der Waals surface area contributed by atoms with Crippen LogP contribution in [0.2, 0.25) is 0 Å². The number of amides is 2. The van der Waals surface area contributed by atoms with Gasteiger partial charge in [0, 0.05) is 62.9 Å². The Morgan fingerprint density at radius 1 is 0.875 bits per heavy atom. The minimum atomic E-state index is -0.0585. The summed E-state index contributed by atoms with van der Waals surface area (Å²) < 4.78 is 0. The lowest BCUT2D eigenvalue weighted by Crippen LogP contribution is -2.50. The Kier molecular flexibility index (Phi) is 6.55. The van der Waals surface area contributed by atoms with Crippen LogP contribution in [-0.4, -0.2) is 64.8 Å². The van der Waals surface area contributed by atoms with Crippen LogP contribution in [0, 0.1) is 0 Å². The van der Waals surface area contributed by atoms with E-state index in [0.717, 1.165) is 16.9 Å². The first kappa shape index (κ1) is 21.2. The van der Waals surface area contributed by atoms with Crippen molar-refractivity contribution >= 4 is 23.6 Å². The molecule has 0 saturated carbocycles.